The Morgan fingerprint density at radius 2 is 2.25 bits per heavy atom. The zero-order valence-electron chi connectivity index (χ0n) is 9.25. The highest BCUT2D eigenvalue weighted by molar-refractivity contribution is 5.92. The van der Waals surface area contributed by atoms with Crippen LogP contribution < -0.4 is 17.0 Å². The molecular formula is C9H15N7. The maximum absolute atomic E-state index is 5.63. The molecule has 1 aromatic rings. The predicted octanol–water partition coefficient (Wildman–Crippen LogP) is -0.626. The number of nitrogens with two attached hydrogens (primary N) is 2. The largest absolute Gasteiger partial charge is 0.382 e. The van der Waals surface area contributed by atoms with Gasteiger partial charge in [-0.15, -0.1) is 10.3 Å². The monoisotopic (exact) mass is 221 g/mol. The van der Waals surface area contributed by atoms with Crippen LogP contribution in [-0.2, 0) is 7.05 Å². The van der Waals surface area contributed by atoms with Crippen molar-refractivity contribution in [1.29, 1.82) is 0 Å². The van der Waals surface area contributed by atoms with E-state index in [9.17, 15) is 0 Å². The van der Waals surface area contributed by atoms with Crippen molar-refractivity contribution in [2.45, 2.75) is 12.8 Å². The second-order valence-corrected chi connectivity index (χ2v) is 3.70. The molecule has 5 N–H and O–H groups in total. The van der Waals surface area contributed by atoms with Gasteiger partial charge in [0.2, 0.25) is 0 Å². The van der Waals surface area contributed by atoms with Gasteiger partial charge >= 0.3 is 0 Å². The van der Waals surface area contributed by atoms with Gasteiger partial charge in [0, 0.05) is 31.2 Å². The molecule has 1 aromatic heterocycles. The van der Waals surface area contributed by atoms with E-state index in [-0.39, 0.29) is 5.92 Å². The molecule has 7 heteroatoms. The van der Waals surface area contributed by atoms with E-state index < -0.39 is 0 Å². The van der Waals surface area contributed by atoms with Crippen LogP contribution in [0.4, 0.5) is 0 Å². The Hall–Kier alpha value is -2.02. The molecule has 2 heterocycles. The van der Waals surface area contributed by atoms with Crippen molar-refractivity contribution < 1.29 is 0 Å². The number of rotatable bonds is 2. The highest BCUT2D eigenvalue weighted by atomic mass is 15.8. The lowest BCUT2D eigenvalue weighted by atomic mass is 10.1. The summed E-state index contributed by atoms with van der Waals surface area (Å²) in [5.74, 6) is 6.91. The number of hydrazone groups is 1. The summed E-state index contributed by atoms with van der Waals surface area (Å²) < 4.78 is 1.95. The van der Waals surface area contributed by atoms with Crippen LogP contribution in [0.3, 0.4) is 0 Å². The van der Waals surface area contributed by atoms with Crippen LogP contribution in [0.2, 0.25) is 0 Å². The van der Waals surface area contributed by atoms with Crippen LogP contribution in [0.15, 0.2) is 29.3 Å². The second kappa shape index (κ2) is 3.86. The Labute approximate surface area is 93.4 Å². The molecule has 1 atom stereocenters. The van der Waals surface area contributed by atoms with Crippen LogP contribution in [0.1, 0.15) is 18.7 Å². The van der Waals surface area contributed by atoms with Gasteiger partial charge in [-0.05, 0) is 6.92 Å². The number of aryl methyl sites for hydroxylation is 1. The third kappa shape index (κ3) is 1.84. The van der Waals surface area contributed by atoms with Gasteiger partial charge in [0.1, 0.15) is 11.7 Å². The van der Waals surface area contributed by atoms with Crippen molar-refractivity contribution in [3.63, 3.8) is 0 Å². The summed E-state index contributed by atoms with van der Waals surface area (Å²) in [4.78, 5) is 4.28. The number of hydrogen-bond acceptors (Lipinski definition) is 6. The summed E-state index contributed by atoms with van der Waals surface area (Å²) in [5.41, 5.74) is 9.41. The molecule has 0 spiro atoms. The van der Waals surface area contributed by atoms with Crippen molar-refractivity contribution >= 4 is 5.84 Å². The molecule has 86 valence electrons. The van der Waals surface area contributed by atoms with E-state index in [0.717, 1.165) is 16.7 Å². The van der Waals surface area contributed by atoms with Crippen LogP contribution in [0.25, 0.3) is 0 Å². The van der Waals surface area contributed by atoms with Crippen molar-refractivity contribution in [2.24, 2.45) is 23.7 Å². The number of imidazole rings is 1. The summed E-state index contributed by atoms with van der Waals surface area (Å²) in [6.45, 7) is 2.02. The molecular weight excluding hydrogens is 206 g/mol. The van der Waals surface area contributed by atoms with Gasteiger partial charge in [0.15, 0.2) is 0 Å². The minimum absolute atomic E-state index is 0.0695. The first-order valence-corrected chi connectivity index (χ1v) is 4.92. The van der Waals surface area contributed by atoms with Crippen molar-refractivity contribution in [3.05, 3.63) is 30.0 Å². The van der Waals surface area contributed by atoms with Gasteiger partial charge in [0.05, 0.1) is 5.92 Å². The lowest BCUT2D eigenvalue weighted by Gasteiger charge is -2.25. The van der Waals surface area contributed by atoms with Crippen LogP contribution >= 0.6 is 0 Å². The second-order valence-electron chi connectivity index (χ2n) is 3.70. The maximum atomic E-state index is 5.63. The lowest BCUT2D eigenvalue weighted by molar-refractivity contribution is 0.218. The van der Waals surface area contributed by atoms with Gasteiger partial charge in [-0.3, -0.25) is 5.43 Å². The third-order valence-corrected chi connectivity index (χ3v) is 2.48. The molecule has 0 saturated heterocycles. The molecule has 0 bridgehead atoms. The Kier molecular flexibility index (Phi) is 2.53. The smallest absolute Gasteiger partial charge is 0.148 e. The first-order chi connectivity index (χ1) is 7.58. The number of amidine groups is 1. The van der Waals surface area contributed by atoms with E-state index in [1.165, 1.54) is 0 Å². The Morgan fingerprint density at radius 3 is 2.81 bits per heavy atom. The molecule has 0 amide bonds. The molecule has 2 rings (SSSR count). The molecule has 0 aromatic carbocycles. The van der Waals surface area contributed by atoms with Gasteiger partial charge in [-0.25, -0.2) is 10.8 Å². The number of allylic oxidation sites excluding steroid dienone is 1. The SMILES string of the molecule is CC(C1=CC(N)=NN(N)N1)c1nccn1C. The first-order valence-electron chi connectivity index (χ1n) is 4.92. The molecule has 1 unspecified atom stereocenters. The Balaban J connectivity index is 2.26. The quantitative estimate of drug-likeness (QED) is 0.578. The van der Waals surface area contributed by atoms with Crippen LogP contribution in [0, 0.1) is 0 Å². The molecule has 0 aliphatic carbocycles. The van der Waals surface area contributed by atoms with Crippen molar-refractivity contribution in [3.8, 4) is 0 Å². The summed E-state index contributed by atoms with van der Waals surface area (Å²) in [6, 6.07) is 0. The summed E-state index contributed by atoms with van der Waals surface area (Å²) in [5, 5.41) is 4.91. The van der Waals surface area contributed by atoms with E-state index in [1.54, 1.807) is 12.3 Å². The van der Waals surface area contributed by atoms with Gasteiger partial charge in [-0.1, -0.05) is 0 Å². The minimum Gasteiger partial charge on any atom is -0.382 e. The van der Waals surface area contributed by atoms with E-state index >= 15 is 0 Å². The molecule has 7 nitrogen and oxygen atoms in total. The Morgan fingerprint density at radius 1 is 1.50 bits per heavy atom. The molecule has 0 fully saturated rings. The number of nitrogens with one attached hydrogen (secondary N) is 1. The molecule has 0 saturated carbocycles. The average molecular weight is 221 g/mol. The van der Waals surface area contributed by atoms with Crippen molar-refractivity contribution in [1.82, 2.24) is 20.2 Å². The normalized spacial score (nSPS) is 17.6. The standard InChI is InChI=1S/C9H15N7/c1-6(9-12-3-4-15(9)2)7-5-8(10)14-16(11)13-7/h3-6,13H,11H2,1-2H3,(H2,10,14). The fourth-order valence-electron chi connectivity index (χ4n) is 1.66. The average Bonchev–Trinajstić information content (AvgIpc) is 2.62. The first kappa shape index (κ1) is 10.5. The van der Waals surface area contributed by atoms with Crippen LogP contribution in [-0.4, -0.2) is 20.6 Å². The molecule has 0 radical (unpaired) electrons. The fourth-order valence-corrected chi connectivity index (χ4v) is 1.66. The predicted molar refractivity (Wildman–Crippen MR) is 60.5 cm³/mol. The number of nitrogens with zero attached hydrogens (tertiary/aromatic N) is 4. The highest BCUT2D eigenvalue weighted by Gasteiger charge is 2.19. The Bertz CT molecular complexity index is 444. The van der Waals surface area contributed by atoms with Crippen molar-refractivity contribution in [2.75, 3.05) is 0 Å². The molecule has 16 heavy (non-hydrogen) atoms. The van der Waals surface area contributed by atoms with E-state index in [2.05, 4.69) is 15.5 Å². The zero-order chi connectivity index (χ0) is 11.7. The fraction of sp³-hybridized carbons (Fsp3) is 0.333. The maximum Gasteiger partial charge on any atom is 0.148 e. The lowest BCUT2D eigenvalue weighted by Crippen LogP contribution is -2.44. The van der Waals surface area contributed by atoms with Gasteiger partial charge < -0.3 is 10.3 Å². The molecule has 1 aliphatic heterocycles. The number of aromatic nitrogens is 2. The molecule has 1 aliphatic rings. The van der Waals surface area contributed by atoms with E-state index in [0.29, 0.717) is 5.84 Å². The number of hydrazine groups is 2. The minimum atomic E-state index is 0.0695. The topological polar surface area (TPSA) is 97.5 Å². The summed E-state index contributed by atoms with van der Waals surface area (Å²) in [6.07, 6.45) is 5.41. The van der Waals surface area contributed by atoms with E-state index in [1.807, 2.05) is 24.7 Å². The summed E-state index contributed by atoms with van der Waals surface area (Å²) >= 11 is 0. The zero-order valence-corrected chi connectivity index (χ0v) is 9.25. The van der Waals surface area contributed by atoms with Gasteiger partial charge in [-0.2, -0.15) is 0 Å². The van der Waals surface area contributed by atoms with Gasteiger partial charge in [0.25, 0.3) is 0 Å². The number of hydrogen-bond donors (Lipinski definition) is 3. The van der Waals surface area contributed by atoms with Crippen LogP contribution in [0.5, 0.6) is 0 Å². The summed E-state index contributed by atoms with van der Waals surface area (Å²) in [7, 11) is 1.94. The highest BCUT2D eigenvalue weighted by Crippen LogP contribution is 2.20. The third-order valence-electron chi connectivity index (χ3n) is 2.48. The van der Waals surface area contributed by atoms with E-state index in [4.69, 9.17) is 11.6 Å².